The predicted molar refractivity (Wildman–Crippen MR) is 506 cm³/mol. The molecule has 692 valence electrons. The number of urea groups is 1. The molecular formula is C88H107B5N16O19S4. The number of allylic oxidation sites excluding steroid dienone is 4. The Balaban J connectivity index is 0.000000111. The highest BCUT2D eigenvalue weighted by molar-refractivity contribution is 7.91. The quantitative estimate of drug-likeness (QED) is 0.0266. The molecule has 22 rings (SSSR count). The minimum Gasteiger partial charge on any atom is -0.531 e. The highest BCUT2D eigenvalue weighted by Crippen LogP contribution is 2.53. The number of carbonyl (C=O) groups is 1. The van der Waals surface area contributed by atoms with Gasteiger partial charge in [0.15, 0.2) is 19.7 Å². The van der Waals surface area contributed by atoms with E-state index in [0.29, 0.717) is 117 Å². The lowest BCUT2D eigenvalue weighted by atomic mass is 9.66. The lowest BCUT2D eigenvalue weighted by Crippen LogP contribution is -2.54. The van der Waals surface area contributed by atoms with Crippen molar-refractivity contribution in [1.29, 1.82) is 5.26 Å². The van der Waals surface area contributed by atoms with Crippen LogP contribution in [0.5, 0.6) is 28.7 Å². The van der Waals surface area contributed by atoms with E-state index in [1.165, 1.54) is 17.1 Å². The zero-order valence-electron chi connectivity index (χ0n) is 73.7. The number of hydrogen-bond acceptors (Lipinski definition) is 25. The van der Waals surface area contributed by atoms with Crippen molar-refractivity contribution in [2.24, 2.45) is 53.3 Å². The topological polar surface area (TPSA) is 493 Å². The predicted octanol–water partition coefficient (Wildman–Crippen LogP) is 9.19. The van der Waals surface area contributed by atoms with Crippen LogP contribution in [0.3, 0.4) is 0 Å². The number of carbonyl (C=O) groups excluding carboxylic acids is 1. The van der Waals surface area contributed by atoms with Crippen molar-refractivity contribution in [3.8, 4) is 34.8 Å². The number of nitriles is 1. The molecule has 11 N–H and O–H groups in total. The largest absolute Gasteiger partial charge is 0.552 e. The Morgan fingerprint density at radius 2 is 0.788 bits per heavy atom. The highest BCUT2D eigenvalue weighted by atomic mass is 32.2. The number of aromatic amines is 5. The molecule has 10 aromatic rings. The van der Waals surface area contributed by atoms with Crippen LogP contribution in [0.2, 0.25) is 0 Å². The summed E-state index contributed by atoms with van der Waals surface area (Å²) in [5.74, 6) is 14.9. The van der Waals surface area contributed by atoms with E-state index in [1.54, 1.807) is 76.5 Å². The first kappa shape index (κ1) is 92.2. The smallest absolute Gasteiger partial charge is 0.531 e. The second-order valence-electron chi connectivity index (χ2n) is 36.5. The van der Waals surface area contributed by atoms with E-state index in [9.17, 15) is 63.6 Å². The molecule has 0 spiro atoms. The summed E-state index contributed by atoms with van der Waals surface area (Å²) in [5, 5.41) is 66.7. The molecule has 0 unspecified atom stereocenters. The Labute approximate surface area is 767 Å². The molecule has 4 saturated carbocycles. The number of piperidine rings is 2. The van der Waals surface area contributed by atoms with Gasteiger partial charge in [-0.3, -0.25) is 0 Å². The van der Waals surface area contributed by atoms with Crippen molar-refractivity contribution in [2.45, 2.75) is 117 Å². The van der Waals surface area contributed by atoms with Crippen LogP contribution in [0.15, 0.2) is 122 Å². The zero-order valence-corrected chi connectivity index (χ0v) is 77.0. The van der Waals surface area contributed by atoms with Gasteiger partial charge in [0.1, 0.15) is 57.0 Å². The van der Waals surface area contributed by atoms with Gasteiger partial charge in [0.05, 0.1) is 65.8 Å². The molecule has 7 fully saturated rings. The average Bonchev–Trinajstić information content (AvgIpc) is 1.60. The third-order valence-electron chi connectivity index (χ3n) is 27.1. The van der Waals surface area contributed by atoms with Crippen LogP contribution < -0.4 is 28.6 Å². The standard InChI is InChI=1S/C18H25BN4O4S.C18H24BN3O4S.C18H21BN2O4S.C17H19BN4O3.C17H18BN3O4S/c1-3-8-22(2)28(25,26)23-9-5-13(6-10-23)15-11-19(24)27-16-12-21-18-14(17(15)16)4-7-20-18;1-2-3-10-27(24,25)22-8-5-13(6-9-22)15-11-19(23)26-16-12-21-18-14(17(15)16)4-7-20-18;22-19-7-15(17-14-3-4-20-18(14)21-8-16(17)25-19)13-5-12(6-13)10-26(23,24)9-11-1-2-11;23-17(21-6-10-1-2-10)22-8-11(9-22)13-5-18(24)25-14-7-20-16-12(15(13)14)3-4-19-16;19-3-1-5-26(23,24)10-11-6-12(7-11)14-8-18(22)25-15-9-21-17-13(16(14)15)2-4-20-17/h4,7,11-13,24H,3,5-6,8-10H2,1-2H3,(H,20,21);4,7,11-13,23H,2-3,5-6,8-10H2,1H3,(H,20,21);3-4,7-8,11-13,22H,1-2,5-6,9-10H2,(H,20,21);3-5,7,10-11,24H,1-2,6,8-9H2,(H,19,20)(H,21,23);2,4,8-9,11-12,22H,1,5-7,10H2,(H,20,21). The van der Waals surface area contributed by atoms with Crippen LogP contribution in [-0.2, 0) is 39.9 Å². The number of hydrogen-bond donors (Lipinski definition) is 11. The maximum absolute atomic E-state index is 12.7. The first-order chi connectivity index (χ1) is 63.5. The maximum Gasteiger partial charge on any atom is 0.552 e. The lowest BCUT2D eigenvalue weighted by molar-refractivity contribution is 0.144. The number of aromatic nitrogens is 10. The van der Waals surface area contributed by atoms with Gasteiger partial charge in [0.25, 0.3) is 10.2 Å². The molecule has 8 aliphatic heterocycles. The van der Waals surface area contributed by atoms with Crippen LogP contribution >= 0.6 is 0 Å². The fraction of sp³-hybridized carbons (Fsp3) is 0.466. The third kappa shape index (κ3) is 20.1. The Hall–Kier alpha value is -10.3. The first-order valence-electron chi connectivity index (χ1n) is 45.7. The number of fused-ring (bicyclic) bond motifs is 15. The van der Waals surface area contributed by atoms with Gasteiger partial charge in [-0.05, 0) is 225 Å². The number of amides is 2. The lowest BCUT2D eigenvalue weighted by Gasteiger charge is -2.41. The van der Waals surface area contributed by atoms with E-state index in [-0.39, 0.29) is 71.1 Å². The molecular weight excluding hydrogens is 1770 g/mol. The minimum absolute atomic E-state index is 0.0121. The summed E-state index contributed by atoms with van der Waals surface area (Å²) >= 11 is 0. The third-order valence-corrected chi connectivity index (χ3v) is 34.8. The number of likely N-dealkylation sites (tertiary alicyclic amines) is 1. The molecule has 10 aromatic heterocycles. The SMILES string of the molecule is CCCCS(=O)(=O)N1CCC(C2=CB(O)Oc3cnc4[nH]ccc4c32)CC1.CCCN(C)S(=O)(=O)N1CCC(C2=CB(O)Oc3cnc4[nH]ccc4c32)CC1.N#CCCS(=O)(=O)CC1CC(C2=CB(O)Oc3cnc4[nH]ccc4c32)C1.O=C(NCC1CC1)N1CC(C2=CB(O)Oc3cnc4[nH]ccc4c32)C1.O=S(=O)(CC1CC1)CC1CC(C2=CB(O)Oc3cnc4[nH]ccc4c32)C1. The van der Waals surface area contributed by atoms with Crippen LogP contribution in [0, 0.1) is 64.6 Å². The van der Waals surface area contributed by atoms with E-state index in [2.05, 4.69) is 55.2 Å². The molecule has 4 aliphatic carbocycles. The van der Waals surface area contributed by atoms with Crippen molar-refractivity contribution in [3.05, 3.63) is 150 Å². The van der Waals surface area contributed by atoms with Gasteiger partial charge < -0.3 is 83.5 Å². The second kappa shape index (κ2) is 38.6. The fourth-order valence-electron chi connectivity index (χ4n) is 20.0. The Kier molecular flexibility index (Phi) is 27.0. The van der Waals surface area contributed by atoms with Gasteiger partial charge >= 0.3 is 41.6 Å². The van der Waals surface area contributed by atoms with Crippen molar-refractivity contribution in [3.63, 3.8) is 0 Å². The normalized spacial score (nSPS) is 21.1. The monoisotopic (exact) mass is 1870 g/mol. The van der Waals surface area contributed by atoms with Crippen molar-refractivity contribution in [1.82, 2.24) is 73.0 Å². The number of nitrogens with one attached hydrogen (secondary N) is 6. The molecule has 0 radical (unpaired) electrons. The summed E-state index contributed by atoms with van der Waals surface area (Å²) in [7, 11) is -16.1. The van der Waals surface area contributed by atoms with E-state index >= 15 is 0 Å². The van der Waals surface area contributed by atoms with Crippen LogP contribution in [-0.4, -0.2) is 256 Å². The summed E-state index contributed by atoms with van der Waals surface area (Å²) in [4.78, 5) is 51.1. The number of sulfone groups is 2. The van der Waals surface area contributed by atoms with Gasteiger partial charge in [0, 0.05) is 157 Å². The van der Waals surface area contributed by atoms with Crippen LogP contribution in [0.25, 0.3) is 83.0 Å². The number of nitrogens with zero attached hydrogens (tertiary/aromatic N) is 10. The molecule has 2 amide bonds. The van der Waals surface area contributed by atoms with Crippen molar-refractivity contribution >= 4 is 165 Å². The number of rotatable bonds is 23. The van der Waals surface area contributed by atoms with Crippen molar-refractivity contribution < 1.29 is 86.9 Å². The Morgan fingerprint density at radius 3 is 1.13 bits per heavy atom. The van der Waals surface area contributed by atoms with E-state index < -0.39 is 75.5 Å². The summed E-state index contributed by atoms with van der Waals surface area (Å²) in [6.07, 6.45) is 30.3. The summed E-state index contributed by atoms with van der Waals surface area (Å²) in [6.45, 7) is 8.54. The zero-order chi connectivity index (χ0) is 92.1. The minimum atomic E-state index is -3.42. The molecule has 3 saturated heterocycles. The molecule has 18 heterocycles. The molecule has 0 atom stereocenters. The van der Waals surface area contributed by atoms with Crippen LogP contribution in [0.4, 0.5) is 4.79 Å². The Morgan fingerprint density at radius 1 is 0.455 bits per heavy atom. The summed E-state index contributed by atoms with van der Waals surface area (Å²) < 4.78 is 131. The van der Waals surface area contributed by atoms with Gasteiger partial charge in [-0.1, -0.05) is 20.3 Å². The molecule has 44 heteroatoms. The molecule has 132 heavy (non-hydrogen) atoms. The average molecular weight is 1880 g/mol. The molecule has 0 bridgehead atoms. The van der Waals surface area contributed by atoms with Gasteiger partial charge in [-0.15, -0.1) is 0 Å². The van der Waals surface area contributed by atoms with E-state index in [4.69, 9.17) is 28.5 Å². The molecule has 0 aromatic carbocycles. The second-order valence-corrected chi connectivity index (χ2v) is 45.0. The molecule has 12 aliphatic rings. The number of unbranched alkanes of at least 4 members (excludes halogenated alkanes) is 1. The van der Waals surface area contributed by atoms with Gasteiger partial charge in [-0.2, -0.15) is 22.3 Å². The molecule has 35 nitrogen and oxygen atoms in total. The van der Waals surface area contributed by atoms with E-state index in [1.807, 2.05) is 86.1 Å². The van der Waals surface area contributed by atoms with Crippen molar-refractivity contribution in [2.75, 3.05) is 88.2 Å². The van der Waals surface area contributed by atoms with Crippen LogP contribution in [0.1, 0.15) is 144 Å². The summed E-state index contributed by atoms with van der Waals surface area (Å²) in [5.41, 5.74) is 13.8. The summed E-state index contributed by atoms with van der Waals surface area (Å²) in [6, 6.07) is 11.7. The number of sulfonamides is 1. The highest BCUT2D eigenvalue weighted by Gasteiger charge is 2.45. The fourth-order valence-corrected chi connectivity index (χ4v) is 26.9. The maximum atomic E-state index is 12.7. The van der Waals surface area contributed by atoms with Gasteiger partial charge in [-0.25, -0.2) is 59.3 Å². The Bertz CT molecular complexity index is 6680. The number of pyridine rings is 5. The first-order valence-corrected chi connectivity index (χ1v) is 52.3. The van der Waals surface area contributed by atoms with Gasteiger partial charge in [0.2, 0.25) is 10.0 Å². The number of H-pyrrole nitrogens is 5. The van der Waals surface area contributed by atoms with E-state index in [0.717, 1.165) is 182 Å².